The number of aliphatic carboxylic acids is 1. The van der Waals surface area contributed by atoms with Crippen LogP contribution in [0.5, 0.6) is 5.75 Å². The van der Waals surface area contributed by atoms with Crippen molar-refractivity contribution in [2.45, 2.75) is 26.9 Å². The Kier molecular flexibility index (Phi) is 4.11. The standard InChI is InChI=1S/C13H16O3/c1-9(2)16-12-6-4-11(5-7-12)10(3)8-13(14)15/h4-9H,1-3H3,(H,14,15)/b10-8+. The molecule has 0 saturated carbocycles. The number of carbonyl (C=O) groups is 1. The minimum atomic E-state index is -0.931. The Hall–Kier alpha value is -1.77. The van der Waals surface area contributed by atoms with Crippen molar-refractivity contribution in [1.29, 1.82) is 0 Å². The van der Waals surface area contributed by atoms with Crippen molar-refractivity contribution in [3.05, 3.63) is 35.9 Å². The molecule has 0 spiro atoms. The predicted octanol–water partition coefficient (Wildman–Crippen LogP) is 2.96. The summed E-state index contributed by atoms with van der Waals surface area (Å²) in [6, 6.07) is 7.39. The van der Waals surface area contributed by atoms with E-state index >= 15 is 0 Å². The van der Waals surface area contributed by atoms with Gasteiger partial charge in [-0.3, -0.25) is 0 Å². The summed E-state index contributed by atoms with van der Waals surface area (Å²) in [7, 11) is 0. The smallest absolute Gasteiger partial charge is 0.328 e. The largest absolute Gasteiger partial charge is 0.491 e. The topological polar surface area (TPSA) is 46.5 Å². The first-order valence-electron chi connectivity index (χ1n) is 5.17. The van der Waals surface area contributed by atoms with Gasteiger partial charge in [0.1, 0.15) is 5.75 Å². The molecule has 86 valence electrons. The molecule has 1 rings (SSSR count). The van der Waals surface area contributed by atoms with Crippen molar-refractivity contribution in [2.75, 3.05) is 0 Å². The number of allylic oxidation sites excluding steroid dienone is 1. The van der Waals surface area contributed by atoms with Gasteiger partial charge in [0.15, 0.2) is 0 Å². The van der Waals surface area contributed by atoms with Crippen molar-refractivity contribution in [2.24, 2.45) is 0 Å². The highest BCUT2D eigenvalue weighted by Gasteiger charge is 2.00. The maximum absolute atomic E-state index is 10.5. The Balaban J connectivity index is 2.82. The second kappa shape index (κ2) is 5.35. The molecule has 0 bridgehead atoms. The fourth-order valence-corrected chi connectivity index (χ4v) is 1.34. The van der Waals surface area contributed by atoms with Gasteiger partial charge in [-0.25, -0.2) is 4.79 Å². The first-order chi connectivity index (χ1) is 7.49. The molecule has 0 radical (unpaired) electrons. The number of carboxylic acid groups (broad SMARTS) is 1. The van der Waals surface area contributed by atoms with E-state index in [2.05, 4.69) is 0 Å². The number of rotatable bonds is 4. The molecule has 16 heavy (non-hydrogen) atoms. The summed E-state index contributed by atoms with van der Waals surface area (Å²) in [5.74, 6) is -0.137. The molecule has 0 amide bonds. The summed E-state index contributed by atoms with van der Waals surface area (Å²) in [4.78, 5) is 10.5. The zero-order valence-corrected chi connectivity index (χ0v) is 9.73. The van der Waals surface area contributed by atoms with E-state index in [1.54, 1.807) is 6.92 Å². The van der Waals surface area contributed by atoms with E-state index in [1.165, 1.54) is 6.08 Å². The molecular formula is C13H16O3. The van der Waals surface area contributed by atoms with Crippen LogP contribution in [0.3, 0.4) is 0 Å². The molecule has 3 nitrogen and oxygen atoms in total. The lowest BCUT2D eigenvalue weighted by Gasteiger charge is -2.10. The van der Waals surface area contributed by atoms with E-state index in [-0.39, 0.29) is 6.10 Å². The van der Waals surface area contributed by atoms with Gasteiger partial charge in [-0.05, 0) is 44.0 Å². The molecule has 1 aromatic rings. The Bertz CT molecular complexity index is 388. The third kappa shape index (κ3) is 3.77. The van der Waals surface area contributed by atoms with Gasteiger partial charge in [-0.1, -0.05) is 12.1 Å². The fraction of sp³-hybridized carbons (Fsp3) is 0.308. The summed E-state index contributed by atoms with van der Waals surface area (Å²) in [5, 5.41) is 8.62. The fourth-order valence-electron chi connectivity index (χ4n) is 1.34. The molecule has 0 aliphatic carbocycles. The van der Waals surface area contributed by atoms with Crippen LogP contribution in [-0.2, 0) is 4.79 Å². The molecule has 0 atom stereocenters. The van der Waals surface area contributed by atoms with Crippen molar-refractivity contribution < 1.29 is 14.6 Å². The van der Waals surface area contributed by atoms with Gasteiger partial charge in [0.05, 0.1) is 6.10 Å². The third-order valence-electron chi connectivity index (χ3n) is 2.02. The molecule has 1 N–H and O–H groups in total. The van der Waals surface area contributed by atoms with Crippen LogP contribution >= 0.6 is 0 Å². The van der Waals surface area contributed by atoms with Gasteiger partial charge in [0.25, 0.3) is 0 Å². The predicted molar refractivity (Wildman–Crippen MR) is 63.5 cm³/mol. The number of carboxylic acids is 1. The highest BCUT2D eigenvalue weighted by Crippen LogP contribution is 2.19. The van der Waals surface area contributed by atoms with Crippen molar-refractivity contribution in [3.8, 4) is 5.75 Å². The highest BCUT2D eigenvalue weighted by molar-refractivity contribution is 5.89. The molecule has 0 heterocycles. The normalized spacial score (nSPS) is 11.6. The molecule has 0 aromatic heterocycles. The summed E-state index contributed by atoms with van der Waals surface area (Å²) >= 11 is 0. The molecule has 0 saturated heterocycles. The molecule has 1 aromatic carbocycles. The zero-order chi connectivity index (χ0) is 12.1. The lowest BCUT2D eigenvalue weighted by molar-refractivity contribution is -0.131. The average Bonchev–Trinajstić information content (AvgIpc) is 2.16. The van der Waals surface area contributed by atoms with Gasteiger partial charge in [0.2, 0.25) is 0 Å². The van der Waals surface area contributed by atoms with Gasteiger partial charge in [-0.2, -0.15) is 0 Å². The van der Waals surface area contributed by atoms with Gasteiger partial charge in [-0.15, -0.1) is 0 Å². The van der Waals surface area contributed by atoms with Crippen LogP contribution in [0.2, 0.25) is 0 Å². The second-order valence-electron chi connectivity index (χ2n) is 3.86. The van der Waals surface area contributed by atoms with E-state index in [0.29, 0.717) is 0 Å². The van der Waals surface area contributed by atoms with Crippen LogP contribution in [0, 0.1) is 0 Å². The number of hydrogen-bond donors (Lipinski definition) is 1. The second-order valence-corrected chi connectivity index (χ2v) is 3.86. The summed E-state index contributed by atoms with van der Waals surface area (Å²) in [6.45, 7) is 5.69. The SMILES string of the molecule is C/C(=C\C(=O)O)c1ccc(OC(C)C)cc1. The van der Waals surface area contributed by atoms with Crippen molar-refractivity contribution in [3.63, 3.8) is 0 Å². The van der Waals surface area contributed by atoms with E-state index < -0.39 is 5.97 Å². The first-order valence-corrected chi connectivity index (χ1v) is 5.17. The number of ether oxygens (including phenoxy) is 1. The molecule has 0 aliphatic heterocycles. The monoisotopic (exact) mass is 220 g/mol. The van der Waals surface area contributed by atoms with Crippen molar-refractivity contribution >= 4 is 11.5 Å². The average molecular weight is 220 g/mol. The summed E-state index contributed by atoms with van der Waals surface area (Å²) in [6.07, 6.45) is 1.33. The third-order valence-corrected chi connectivity index (χ3v) is 2.02. The minimum Gasteiger partial charge on any atom is -0.491 e. The molecule has 0 aliphatic rings. The highest BCUT2D eigenvalue weighted by atomic mass is 16.5. The molecule has 3 heteroatoms. The van der Waals surface area contributed by atoms with E-state index in [9.17, 15) is 4.79 Å². The van der Waals surface area contributed by atoms with Gasteiger partial charge in [0, 0.05) is 6.08 Å². The number of benzene rings is 1. The van der Waals surface area contributed by atoms with Crippen LogP contribution < -0.4 is 4.74 Å². The molecule has 0 fully saturated rings. The Morgan fingerprint density at radius 2 is 1.88 bits per heavy atom. The van der Waals surface area contributed by atoms with E-state index in [0.717, 1.165) is 16.9 Å². The van der Waals surface area contributed by atoms with Crippen LogP contribution in [0.15, 0.2) is 30.3 Å². The van der Waals surface area contributed by atoms with Crippen LogP contribution in [0.25, 0.3) is 5.57 Å². The Labute approximate surface area is 95.4 Å². The molecule has 0 unspecified atom stereocenters. The Morgan fingerprint density at radius 3 is 2.31 bits per heavy atom. The van der Waals surface area contributed by atoms with Crippen LogP contribution in [-0.4, -0.2) is 17.2 Å². The maximum Gasteiger partial charge on any atom is 0.328 e. The van der Waals surface area contributed by atoms with Crippen LogP contribution in [0.1, 0.15) is 26.3 Å². The lowest BCUT2D eigenvalue weighted by Crippen LogP contribution is -2.05. The quantitative estimate of drug-likeness (QED) is 0.793. The number of hydrogen-bond acceptors (Lipinski definition) is 2. The summed E-state index contributed by atoms with van der Waals surface area (Å²) < 4.78 is 5.49. The van der Waals surface area contributed by atoms with Gasteiger partial charge < -0.3 is 9.84 Å². The zero-order valence-electron chi connectivity index (χ0n) is 9.73. The minimum absolute atomic E-state index is 0.140. The molecular weight excluding hydrogens is 204 g/mol. The lowest BCUT2D eigenvalue weighted by atomic mass is 10.1. The van der Waals surface area contributed by atoms with Gasteiger partial charge >= 0.3 is 5.97 Å². The van der Waals surface area contributed by atoms with E-state index in [1.807, 2.05) is 38.1 Å². The maximum atomic E-state index is 10.5. The Morgan fingerprint density at radius 1 is 1.31 bits per heavy atom. The van der Waals surface area contributed by atoms with Crippen LogP contribution in [0.4, 0.5) is 0 Å². The van der Waals surface area contributed by atoms with E-state index in [4.69, 9.17) is 9.84 Å². The summed E-state index contributed by atoms with van der Waals surface area (Å²) in [5.41, 5.74) is 1.61. The first kappa shape index (κ1) is 12.3. The van der Waals surface area contributed by atoms with Crippen molar-refractivity contribution in [1.82, 2.24) is 0 Å².